The first-order valence-corrected chi connectivity index (χ1v) is 11.8. The van der Waals surface area contributed by atoms with E-state index in [9.17, 15) is 14.2 Å². The molecule has 0 aliphatic heterocycles. The van der Waals surface area contributed by atoms with Crippen LogP contribution in [0.1, 0.15) is 42.4 Å². The molecule has 0 aliphatic carbocycles. The van der Waals surface area contributed by atoms with Gasteiger partial charge in [-0.25, -0.2) is 9.59 Å². The van der Waals surface area contributed by atoms with Gasteiger partial charge in [-0.15, -0.1) is 0 Å². The molecule has 1 rings (SSSR count). The average molecular weight is 452 g/mol. The summed E-state index contributed by atoms with van der Waals surface area (Å²) in [7, 11) is -3.56. The second-order valence-corrected chi connectivity index (χ2v) is 9.03. The zero-order chi connectivity index (χ0) is 23.3. The molecule has 0 amide bonds. The first-order chi connectivity index (χ1) is 14.7. The van der Waals surface area contributed by atoms with Gasteiger partial charge in [0.15, 0.2) is 0 Å². The lowest BCUT2D eigenvalue weighted by Gasteiger charge is -2.23. The molecule has 1 aromatic carbocycles. The van der Waals surface area contributed by atoms with E-state index in [1.165, 1.54) is 0 Å². The molecular weight excluding hydrogens is 419 g/mol. The highest BCUT2D eigenvalue weighted by Crippen LogP contribution is 2.49. The molecule has 0 radical (unpaired) electrons. The van der Waals surface area contributed by atoms with E-state index in [0.717, 1.165) is 28.8 Å². The van der Waals surface area contributed by atoms with Gasteiger partial charge in [-0.2, -0.15) is 0 Å². The van der Waals surface area contributed by atoms with Gasteiger partial charge < -0.3 is 18.5 Å². The van der Waals surface area contributed by atoms with Crippen LogP contribution in [0.15, 0.2) is 37.4 Å². The minimum Gasteiger partial charge on any atom is -0.463 e. The Bertz CT molecular complexity index is 757. The molecule has 0 aliphatic rings. The van der Waals surface area contributed by atoms with Crippen molar-refractivity contribution >= 4 is 24.8 Å². The second-order valence-electron chi connectivity index (χ2n) is 7.07. The van der Waals surface area contributed by atoms with Crippen molar-refractivity contribution in [3.63, 3.8) is 0 Å². The summed E-state index contributed by atoms with van der Waals surface area (Å²) in [5, 5.41) is 0.578. The Morgan fingerprint density at radius 3 is 1.58 bits per heavy atom. The normalized spacial score (nSPS) is 11.1. The van der Waals surface area contributed by atoms with Crippen LogP contribution in [0, 0.1) is 20.8 Å². The van der Waals surface area contributed by atoms with E-state index in [4.69, 9.17) is 18.5 Å². The molecule has 0 saturated carbocycles. The second kappa shape index (κ2) is 14.0. The molecule has 0 N–H and O–H groups in total. The molecular formula is C23H33O7P. The molecule has 1 aromatic rings. The molecule has 0 fully saturated rings. The minimum absolute atomic E-state index is 0.201. The van der Waals surface area contributed by atoms with Crippen LogP contribution >= 0.6 is 7.60 Å². The van der Waals surface area contributed by atoms with Crippen molar-refractivity contribution < 1.29 is 32.7 Å². The summed E-state index contributed by atoms with van der Waals surface area (Å²) in [6, 6.07) is 3.90. The molecule has 8 heteroatoms. The lowest BCUT2D eigenvalue weighted by molar-refractivity contribution is -0.138. The Kier molecular flexibility index (Phi) is 12.1. The van der Waals surface area contributed by atoms with Crippen LogP contribution < -0.4 is 5.30 Å². The predicted molar refractivity (Wildman–Crippen MR) is 121 cm³/mol. The zero-order valence-corrected chi connectivity index (χ0v) is 19.6. The van der Waals surface area contributed by atoms with Crippen LogP contribution in [0.5, 0.6) is 0 Å². The Morgan fingerprint density at radius 2 is 1.19 bits per heavy atom. The van der Waals surface area contributed by atoms with Gasteiger partial charge in [-0.3, -0.25) is 4.57 Å². The first kappa shape index (κ1) is 26.8. The van der Waals surface area contributed by atoms with E-state index in [0.29, 0.717) is 31.0 Å². The largest absolute Gasteiger partial charge is 0.463 e. The lowest BCUT2D eigenvalue weighted by Crippen LogP contribution is -2.18. The van der Waals surface area contributed by atoms with E-state index in [-0.39, 0.29) is 26.4 Å². The van der Waals surface area contributed by atoms with Gasteiger partial charge in [-0.05, 0) is 57.6 Å². The number of aryl methyl sites for hydroxylation is 3. The van der Waals surface area contributed by atoms with Gasteiger partial charge in [-0.1, -0.05) is 30.9 Å². The fourth-order valence-electron chi connectivity index (χ4n) is 3.01. The number of carbonyl (C=O) groups is 2. The highest BCUT2D eigenvalue weighted by Gasteiger charge is 2.31. The standard InChI is InChI=1S/C23H33O7P/c1-6-21(24)27-12-8-10-14-29-31(26,23-19(4)16-18(3)17-20(23)5)30-15-11-9-13-28-22(25)7-2/h6-7,16-17H,1-2,8-15H2,3-5H3. The van der Waals surface area contributed by atoms with Crippen LogP contribution in [0.4, 0.5) is 0 Å². The highest BCUT2D eigenvalue weighted by molar-refractivity contribution is 7.62. The summed E-state index contributed by atoms with van der Waals surface area (Å²) < 4.78 is 35.1. The zero-order valence-electron chi connectivity index (χ0n) is 18.7. The molecule has 0 unspecified atom stereocenters. The van der Waals surface area contributed by atoms with Crippen molar-refractivity contribution in [2.45, 2.75) is 46.5 Å². The third-order valence-electron chi connectivity index (χ3n) is 4.33. The number of hydrogen-bond donors (Lipinski definition) is 0. The fourth-order valence-corrected chi connectivity index (χ4v) is 5.08. The minimum atomic E-state index is -3.56. The Balaban J connectivity index is 2.71. The van der Waals surface area contributed by atoms with Crippen LogP contribution in [-0.2, 0) is 32.7 Å². The molecule has 0 bridgehead atoms. The number of esters is 2. The third-order valence-corrected chi connectivity index (χ3v) is 6.63. The monoisotopic (exact) mass is 452 g/mol. The van der Waals surface area contributed by atoms with Gasteiger partial charge >= 0.3 is 19.5 Å². The van der Waals surface area contributed by atoms with Crippen LogP contribution in [0.2, 0.25) is 0 Å². The predicted octanol–water partition coefficient (Wildman–Crippen LogP) is 4.48. The summed E-state index contributed by atoms with van der Waals surface area (Å²) in [6.45, 7) is 13.3. The Morgan fingerprint density at radius 1 is 0.806 bits per heavy atom. The molecule has 0 spiro atoms. The molecule has 7 nitrogen and oxygen atoms in total. The fraction of sp³-hybridized carbons (Fsp3) is 0.478. The number of ether oxygens (including phenoxy) is 2. The Labute approximate surface area is 184 Å². The van der Waals surface area contributed by atoms with Crippen LogP contribution in [0.25, 0.3) is 0 Å². The summed E-state index contributed by atoms with van der Waals surface area (Å²) in [4.78, 5) is 22.1. The smallest absolute Gasteiger partial charge is 0.361 e. The van der Waals surface area contributed by atoms with Crippen molar-refractivity contribution in [3.05, 3.63) is 54.1 Å². The van der Waals surface area contributed by atoms with Crippen LogP contribution in [-0.4, -0.2) is 38.4 Å². The van der Waals surface area contributed by atoms with Crippen molar-refractivity contribution in [3.8, 4) is 0 Å². The summed E-state index contributed by atoms with van der Waals surface area (Å²) in [5.41, 5.74) is 2.76. The summed E-state index contributed by atoms with van der Waals surface area (Å²) in [6.07, 6.45) is 4.47. The molecule has 31 heavy (non-hydrogen) atoms. The number of carbonyl (C=O) groups excluding carboxylic acids is 2. The topological polar surface area (TPSA) is 88.1 Å². The van der Waals surface area contributed by atoms with Gasteiger partial charge in [0.2, 0.25) is 0 Å². The Hall–Kier alpha value is -2.21. The third kappa shape index (κ3) is 9.64. The highest BCUT2D eigenvalue weighted by atomic mass is 31.2. The van der Waals surface area contributed by atoms with Gasteiger partial charge in [0, 0.05) is 12.2 Å². The first-order valence-electron chi connectivity index (χ1n) is 10.3. The SMILES string of the molecule is C=CC(=O)OCCCCOP(=O)(OCCCCOC(=O)C=C)c1c(C)cc(C)cc1C. The van der Waals surface area contributed by atoms with Gasteiger partial charge in [0.25, 0.3) is 0 Å². The van der Waals surface area contributed by atoms with E-state index in [1.807, 2.05) is 32.9 Å². The maximum absolute atomic E-state index is 13.7. The van der Waals surface area contributed by atoms with Crippen LogP contribution in [0.3, 0.4) is 0 Å². The van der Waals surface area contributed by atoms with E-state index in [2.05, 4.69) is 13.2 Å². The summed E-state index contributed by atoms with van der Waals surface area (Å²) >= 11 is 0. The number of benzene rings is 1. The number of unbranched alkanes of at least 4 members (excludes halogenated alkanes) is 2. The van der Waals surface area contributed by atoms with Gasteiger partial charge in [0.05, 0.1) is 31.7 Å². The number of hydrogen-bond acceptors (Lipinski definition) is 7. The van der Waals surface area contributed by atoms with Gasteiger partial charge in [0.1, 0.15) is 0 Å². The molecule has 172 valence electrons. The summed E-state index contributed by atoms with van der Waals surface area (Å²) in [5.74, 6) is -0.945. The molecule has 0 aromatic heterocycles. The maximum Gasteiger partial charge on any atom is 0.361 e. The maximum atomic E-state index is 13.7. The quantitative estimate of drug-likeness (QED) is 0.168. The van der Waals surface area contributed by atoms with E-state index >= 15 is 0 Å². The molecule has 0 saturated heterocycles. The van der Waals surface area contributed by atoms with Crippen molar-refractivity contribution in [1.82, 2.24) is 0 Å². The lowest BCUT2D eigenvalue weighted by atomic mass is 10.1. The van der Waals surface area contributed by atoms with E-state index < -0.39 is 19.5 Å². The molecule has 0 heterocycles. The molecule has 0 atom stereocenters. The van der Waals surface area contributed by atoms with Crippen molar-refractivity contribution in [2.24, 2.45) is 0 Å². The number of rotatable bonds is 15. The van der Waals surface area contributed by atoms with Crippen molar-refractivity contribution in [2.75, 3.05) is 26.4 Å². The average Bonchev–Trinajstić information content (AvgIpc) is 2.71. The van der Waals surface area contributed by atoms with Crippen molar-refractivity contribution in [1.29, 1.82) is 0 Å². The van der Waals surface area contributed by atoms with E-state index in [1.54, 1.807) is 0 Å².